The predicted octanol–water partition coefficient (Wildman–Crippen LogP) is 5.98. The molecular weight excluding hydrogens is 230 g/mol. The lowest BCUT2D eigenvalue weighted by atomic mass is 10.1. The van der Waals surface area contributed by atoms with Crippen LogP contribution in [0, 0.1) is 0 Å². The van der Waals surface area contributed by atoms with Crippen LogP contribution in [0.1, 0.15) is 97.3 Å². The van der Waals surface area contributed by atoms with E-state index >= 15 is 0 Å². The normalized spacial score (nSPS) is 13.2. The molecule has 0 aromatic heterocycles. The van der Waals surface area contributed by atoms with Gasteiger partial charge in [-0.1, -0.05) is 70.4 Å². The van der Waals surface area contributed by atoms with Gasteiger partial charge >= 0.3 is 0 Å². The average molecular weight is 268 g/mol. The van der Waals surface area contributed by atoms with Gasteiger partial charge in [0.1, 0.15) is 0 Å². The van der Waals surface area contributed by atoms with Gasteiger partial charge < -0.3 is 5.73 Å². The molecule has 0 amide bonds. The molecule has 0 aliphatic heterocycles. The minimum absolute atomic E-state index is 0.386. The second-order valence-electron chi connectivity index (χ2n) is 6.00. The third kappa shape index (κ3) is 17.7. The summed E-state index contributed by atoms with van der Waals surface area (Å²) in [6.45, 7) is 4.38. The summed E-state index contributed by atoms with van der Waals surface area (Å²) in [7, 11) is 0. The number of allylic oxidation sites excluding steroid dienone is 2. The van der Waals surface area contributed by atoms with Gasteiger partial charge in [0, 0.05) is 6.04 Å². The van der Waals surface area contributed by atoms with E-state index in [1.165, 1.54) is 83.5 Å². The van der Waals surface area contributed by atoms with Crippen molar-refractivity contribution < 1.29 is 0 Å². The van der Waals surface area contributed by atoms with E-state index in [0.29, 0.717) is 6.04 Å². The summed E-state index contributed by atoms with van der Waals surface area (Å²) in [6, 6.07) is 0.386. The lowest BCUT2D eigenvalue weighted by Crippen LogP contribution is -2.13. The molecule has 0 aliphatic carbocycles. The first-order chi connectivity index (χ1) is 9.27. The van der Waals surface area contributed by atoms with Crippen molar-refractivity contribution in [1.29, 1.82) is 0 Å². The Morgan fingerprint density at radius 2 is 1.21 bits per heavy atom. The third-order valence-electron chi connectivity index (χ3n) is 3.67. The summed E-state index contributed by atoms with van der Waals surface area (Å²) in [5.41, 5.74) is 5.73. The zero-order chi connectivity index (χ0) is 14.2. The lowest BCUT2D eigenvalue weighted by Gasteiger charge is -2.03. The van der Waals surface area contributed by atoms with E-state index in [1.807, 2.05) is 0 Å². The highest BCUT2D eigenvalue weighted by atomic mass is 14.6. The van der Waals surface area contributed by atoms with Crippen molar-refractivity contribution >= 4 is 0 Å². The second kappa shape index (κ2) is 15.8. The molecule has 0 aromatic rings. The standard InChI is InChI=1S/C18H37N/c1-3-4-5-6-7-8-9-10-11-12-13-14-15-16-17-18(2)19/h10-11,18H,3-9,12-17,19H2,1-2H3. The van der Waals surface area contributed by atoms with Crippen molar-refractivity contribution in [2.45, 2.75) is 103 Å². The summed E-state index contributed by atoms with van der Waals surface area (Å²) in [6.07, 6.45) is 22.3. The van der Waals surface area contributed by atoms with Gasteiger partial charge in [-0.25, -0.2) is 0 Å². The van der Waals surface area contributed by atoms with Gasteiger partial charge in [-0.05, 0) is 39.0 Å². The highest BCUT2D eigenvalue weighted by Gasteiger charge is 1.93. The van der Waals surface area contributed by atoms with Crippen LogP contribution < -0.4 is 5.73 Å². The molecule has 0 aliphatic rings. The van der Waals surface area contributed by atoms with Gasteiger partial charge in [0.25, 0.3) is 0 Å². The summed E-state index contributed by atoms with van der Waals surface area (Å²) >= 11 is 0. The first-order valence-corrected chi connectivity index (χ1v) is 8.68. The van der Waals surface area contributed by atoms with Crippen molar-refractivity contribution in [3.8, 4) is 0 Å². The molecule has 0 radical (unpaired) electrons. The lowest BCUT2D eigenvalue weighted by molar-refractivity contribution is 0.568. The number of nitrogens with two attached hydrogens (primary N) is 1. The van der Waals surface area contributed by atoms with Crippen LogP contribution in [0.25, 0.3) is 0 Å². The Hall–Kier alpha value is -0.300. The number of rotatable bonds is 14. The van der Waals surface area contributed by atoms with E-state index in [0.717, 1.165) is 0 Å². The summed E-state index contributed by atoms with van der Waals surface area (Å²) in [4.78, 5) is 0. The molecule has 0 saturated heterocycles. The minimum Gasteiger partial charge on any atom is -0.328 e. The second-order valence-corrected chi connectivity index (χ2v) is 6.00. The van der Waals surface area contributed by atoms with Crippen molar-refractivity contribution in [1.82, 2.24) is 0 Å². The fourth-order valence-corrected chi connectivity index (χ4v) is 2.36. The van der Waals surface area contributed by atoms with Crippen LogP contribution in [-0.4, -0.2) is 6.04 Å². The maximum absolute atomic E-state index is 5.73. The van der Waals surface area contributed by atoms with Crippen LogP contribution >= 0.6 is 0 Å². The van der Waals surface area contributed by atoms with E-state index in [9.17, 15) is 0 Å². The first kappa shape index (κ1) is 18.7. The van der Waals surface area contributed by atoms with Gasteiger partial charge in [0.2, 0.25) is 0 Å². The fraction of sp³-hybridized carbons (Fsp3) is 0.889. The Balaban J connectivity index is 3.05. The molecule has 0 heterocycles. The molecule has 1 heteroatoms. The topological polar surface area (TPSA) is 26.0 Å². The minimum atomic E-state index is 0.386. The van der Waals surface area contributed by atoms with Crippen molar-refractivity contribution in [3.63, 3.8) is 0 Å². The molecule has 1 unspecified atom stereocenters. The molecule has 0 bridgehead atoms. The highest BCUT2D eigenvalue weighted by molar-refractivity contribution is 4.81. The van der Waals surface area contributed by atoms with E-state index in [4.69, 9.17) is 5.73 Å². The molecule has 0 rings (SSSR count). The molecule has 0 spiro atoms. The highest BCUT2D eigenvalue weighted by Crippen LogP contribution is 2.09. The van der Waals surface area contributed by atoms with Crippen molar-refractivity contribution in [2.24, 2.45) is 5.73 Å². The molecule has 0 saturated carbocycles. The van der Waals surface area contributed by atoms with Crippen LogP contribution in [0.2, 0.25) is 0 Å². The first-order valence-electron chi connectivity index (χ1n) is 8.68. The molecule has 19 heavy (non-hydrogen) atoms. The molecule has 114 valence electrons. The van der Waals surface area contributed by atoms with E-state index in [2.05, 4.69) is 26.0 Å². The maximum Gasteiger partial charge on any atom is 0.00104 e. The Labute approximate surface area is 122 Å². The van der Waals surface area contributed by atoms with Crippen molar-refractivity contribution in [3.05, 3.63) is 12.2 Å². The Bertz CT molecular complexity index is 184. The van der Waals surface area contributed by atoms with Gasteiger partial charge in [0.15, 0.2) is 0 Å². The fourth-order valence-electron chi connectivity index (χ4n) is 2.36. The van der Waals surface area contributed by atoms with Gasteiger partial charge in [-0.2, -0.15) is 0 Å². The Morgan fingerprint density at radius 3 is 1.74 bits per heavy atom. The molecular formula is C18H37N. The quantitative estimate of drug-likeness (QED) is 0.304. The van der Waals surface area contributed by atoms with Gasteiger partial charge in [-0.15, -0.1) is 0 Å². The van der Waals surface area contributed by atoms with E-state index in [1.54, 1.807) is 0 Å². The van der Waals surface area contributed by atoms with Gasteiger partial charge in [0.05, 0.1) is 0 Å². The monoisotopic (exact) mass is 267 g/mol. The van der Waals surface area contributed by atoms with Crippen LogP contribution in [-0.2, 0) is 0 Å². The smallest absolute Gasteiger partial charge is 0.00104 e. The molecule has 0 aromatic carbocycles. The average Bonchev–Trinajstić information content (AvgIpc) is 2.39. The number of hydrogen-bond acceptors (Lipinski definition) is 1. The summed E-state index contributed by atoms with van der Waals surface area (Å²) in [5, 5.41) is 0. The Kier molecular flexibility index (Phi) is 15.5. The van der Waals surface area contributed by atoms with Crippen LogP contribution in [0.5, 0.6) is 0 Å². The predicted molar refractivity (Wildman–Crippen MR) is 88.5 cm³/mol. The van der Waals surface area contributed by atoms with Crippen LogP contribution in [0.15, 0.2) is 12.2 Å². The largest absolute Gasteiger partial charge is 0.328 e. The number of hydrogen-bond donors (Lipinski definition) is 1. The SMILES string of the molecule is CCCCCCCCC=CCCCCCCC(C)N. The molecule has 1 nitrogen and oxygen atoms in total. The molecule has 1 atom stereocenters. The van der Waals surface area contributed by atoms with Crippen molar-refractivity contribution in [2.75, 3.05) is 0 Å². The number of unbranched alkanes of at least 4 members (excludes halogenated alkanes) is 10. The van der Waals surface area contributed by atoms with Crippen LogP contribution in [0.3, 0.4) is 0 Å². The zero-order valence-electron chi connectivity index (χ0n) is 13.5. The van der Waals surface area contributed by atoms with E-state index < -0.39 is 0 Å². The van der Waals surface area contributed by atoms with E-state index in [-0.39, 0.29) is 0 Å². The summed E-state index contributed by atoms with van der Waals surface area (Å²) < 4.78 is 0. The van der Waals surface area contributed by atoms with Gasteiger partial charge in [-0.3, -0.25) is 0 Å². The third-order valence-corrected chi connectivity index (χ3v) is 3.67. The maximum atomic E-state index is 5.73. The van der Waals surface area contributed by atoms with Crippen LogP contribution in [0.4, 0.5) is 0 Å². The molecule has 0 fully saturated rings. The summed E-state index contributed by atoms with van der Waals surface area (Å²) in [5.74, 6) is 0. The molecule has 2 N–H and O–H groups in total. The zero-order valence-corrected chi connectivity index (χ0v) is 13.5. The Morgan fingerprint density at radius 1 is 0.737 bits per heavy atom.